The maximum atomic E-state index is 12.4. The zero-order valence-corrected chi connectivity index (χ0v) is 13.3. The van der Waals surface area contributed by atoms with E-state index >= 15 is 0 Å². The van der Waals surface area contributed by atoms with E-state index in [1.807, 2.05) is 0 Å². The highest BCUT2D eigenvalue weighted by molar-refractivity contribution is 7.91. The van der Waals surface area contributed by atoms with Gasteiger partial charge in [0.1, 0.15) is 10.3 Å². The summed E-state index contributed by atoms with van der Waals surface area (Å²) in [4.78, 5) is 11.5. The summed E-state index contributed by atoms with van der Waals surface area (Å²) in [6.45, 7) is 4.94. The lowest BCUT2D eigenvalue weighted by atomic mass is 10.1. The van der Waals surface area contributed by atoms with Crippen LogP contribution in [0.1, 0.15) is 28.6 Å². The molecule has 0 unspecified atom stereocenters. The van der Waals surface area contributed by atoms with Crippen LogP contribution in [0.5, 0.6) is 0 Å². The van der Waals surface area contributed by atoms with Crippen LogP contribution in [0.4, 0.5) is 0 Å². The normalized spacial score (nSPS) is 13.3. The summed E-state index contributed by atoms with van der Waals surface area (Å²) in [5.41, 5.74) is 1.88. The van der Waals surface area contributed by atoms with Gasteiger partial charge in [0.2, 0.25) is 0 Å². The number of carboxylic acids is 1. The third kappa shape index (κ3) is 2.99. The van der Waals surface area contributed by atoms with Gasteiger partial charge in [-0.3, -0.25) is 9.89 Å². The summed E-state index contributed by atoms with van der Waals surface area (Å²) in [6.07, 6.45) is 0. The van der Waals surface area contributed by atoms with E-state index in [1.165, 1.54) is 0 Å². The molecule has 0 bridgehead atoms. The number of aliphatic carboxylic acids is 1. The Labute approximate surface area is 126 Å². The molecule has 0 aliphatic carbocycles. The largest absolute Gasteiger partial charge is 0.480 e. The Morgan fingerprint density at radius 1 is 1.43 bits per heavy atom. The second kappa shape index (κ2) is 5.58. The summed E-state index contributed by atoms with van der Waals surface area (Å²) in [5.74, 6) is -1.28. The van der Waals surface area contributed by atoms with Crippen LogP contribution < -0.4 is 4.72 Å². The lowest BCUT2D eigenvalue weighted by Crippen LogP contribution is -2.34. The van der Waals surface area contributed by atoms with E-state index in [2.05, 4.69) is 14.9 Å². The molecular weight excluding hydrogens is 314 g/mol. The molecule has 0 saturated heterocycles. The van der Waals surface area contributed by atoms with E-state index < -0.39 is 22.0 Å². The fourth-order valence-electron chi connectivity index (χ4n) is 2.06. The van der Waals surface area contributed by atoms with Gasteiger partial charge in [-0.25, -0.2) is 8.42 Å². The summed E-state index contributed by atoms with van der Waals surface area (Å²) in [7, 11) is -3.91. The van der Waals surface area contributed by atoms with Crippen molar-refractivity contribution < 1.29 is 18.3 Å². The molecule has 114 valence electrons. The maximum Gasteiger partial charge on any atom is 0.326 e. The van der Waals surface area contributed by atoms with Crippen molar-refractivity contribution in [1.82, 2.24) is 14.9 Å². The van der Waals surface area contributed by atoms with Crippen molar-refractivity contribution in [3.8, 4) is 0 Å². The number of aromatic amines is 1. The van der Waals surface area contributed by atoms with Gasteiger partial charge < -0.3 is 5.11 Å². The number of carboxylic acid groups (broad SMARTS) is 1. The van der Waals surface area contributed by atoms with E-state index in [1.54, 1.807) is 32.2 Å². The van der Waals surface area contributed by atoms with Gasteiger partial charge in [0, 0.05) is 11.3 Å². The number of aryl methyl sites for hydroxylation is 3. The van der Waals surface area contributed by atoms with Gasteiger partial charge in [0.15, 0.2) is 0 Å². The predicted molar refractivity (Wildman–Crippen MR) is 77.8 cm³/mol. The molecule has 3 N–H and O–H groups in total. The van der Waals surface area contributed by atoms with E-state index in [-0.39, 0.29) is 4.21 Å². The van der Waals surface area contributed by atoms with E-state index in [9.17, 15) is 18.3 Å². The Morgan fingerprint density at radius 2 is 2.10 bits per heavy atom. The Balaban J connectivity index is 2.43. The standard InChI is InChI=1S/C12H15N3O4S2/c1-6-4-5-20-12(6)21(18,19)15-10(11(16)17)9-7(2)13-14-8(9)3/h4-5,10,15H,1-3H3,(H,13,14)(H,16,17)/t10-/m1/s1. The van der Waals surface area contributed by atoms with Crippen LogP contribution in [0.3, 0.4) is 0 Å². The molecule has 0 aliphatic rings. The summed E-state index contributed by atoms with van der Waals surface area (Å²) in [5, 5.41) is 17.6. The molecule has 0 radical (unpaired) electrons. The summed E-state index contributed by atoms with van der Waals surface area (Å²) >= 11 is 1.05. The SMILES string of the molecule is Cc1ccsc1S(=O)(=O)N[C@@H](C(=O)O)c1c(C)n[nH]c1C. The number of sulfonamides is 1. The van der Waals surface area contributed by atoms with Crippen molar-refractivity contribution in [2.75, 3.05) is 0 Å². The third-order valence-electron chi connectivity index (χ3n) is 3.05. The first-order chi connectivity index (χ1) is 9.74. The van der Waals surface area contributed by atoms with E-state index in [0.717, 1.165) is 11.3 Å². The minimum atomic E-state index is -3.91. The average Bonchev–Trinajstić information content (AvgIpc) is 2.94. The quantitative estimate of drug-likeness (QED) is 0.769. The number of carbonyl (C=O) groups is 1. The van der Waals surface area contributed by atoms with Gasteiger partial charge in [0.25, 0.3) is 10.0 Å². The molecule has 2 aromatic heterocycles. The minimum absolute atomic E-state index is 0.118. The van der Waals surface area contributed by atoms with Crippen molar-refractivity contribution in [1.29, 1.82) is 0 Å². The van der Waals surface area contributed by atoms with Gasteiger partial charge in [-0.05, 0) is 37.8 Å². The number of aromatic nitrogens is 2. The molecule has 0 amide bonds. The molecule has 21 heavy (non-hydrogen) atoms. The van der Waals surface area contributed by atoms with Crippen molar-refractivity contribution in [2.45, 2.75) is 31.0 Å². The lowest BCUT2D eigenvalue weighted by molar-refractivity contribution is -0.139. The molecule has 2 heterocycles. The first-order valence-electron chi connectivity index (χ1n) is 6.04. The Morgan fingerprint density at radius 3 is 2.52 bits per heavy atom. The molecule has 2 rings (SSSR count). The highest BCUT2D eigenvalue weighted by Gasteiger charge is 2.31. The van der Waals surface area contributed by atoms with Crippen LogP contribution in [0, 0.1) is 20.8 Å². The minimum Gasteiger partial charge on any atom is -0.480 e. The van der Waals surface area contributed by atoms with E-state index in [4.69, 9.17) is 0 Å². The molecule has 0 saturated carbocycles. The number of nitrogens with one attached hydrogen (secondary N) is 2. The van der Waals surface area contributed by atoms with E-state index in [0.29, 0.717) is 22.5 Å². The summed E-state index contributed by atoms with van der Waals surface area (Å²) < 4.78 is 27.1. The predicted octanol–water partition coefficient (Wildman–Crippen LogP) is 1.50. The maximum absolute atomic E-state index is 12.4. The second-order valence-electron chi connectivity index (χ2n) is 4.63. The molecule has 0 aromatic carbocycles. The van der Waals surface area contributed by atoms with Gasteiger partial charge in [0.05, 0.1) is 5.69 Å². The van der Waals surface area contributed by atoms with Crippen LogP contribution in [-0.2, 0) is 14.8 Å². The number of thiophene rings is 1. The zero-order valence-electron chi connectivity index (χ0n) is 11.7. The lowest BCUT2D eigenvalue weighted by Gasteiger charge is -2.15. The number of hydrogen-bond donors (Lipinski definition) is 3. The first kappa shape index (κ1) is 15.7. The Kier molecular flexibility index (Phi) is 4.17. The first-order valence-corrected chi connectivity index (χ1v) is 8.41. The van der Waals surface area contributed by atoms with Gasteiger partial charge >= 0.3 is 5.97 Å². The molecule has 1 atom stereocenters. The molecule has 7 nitrogen and oxygen atoms in total. The highest BCUT2D eigenvalue weighted by atomic mass is 32.2. The Bertz CT molecular complexity index is 757. The number of nitrogens with zero attached hydrogens (tertiary/aromatic N) is 1. The van der Waals surface area contributed by atoms with Crippen LogP contribution in [-0.4, -0.2) is 29.7 Å². The molecule has 0 aliphatic heterocycles. The van der Waals surface area contributed by atoms with Crippen LogP contribution >= 0.6 is 11.3 Å². The fourth-order valence-corrected chi connectivity index (χ4v) is 4.66. The second-order valence-corrected chi connectivity index (χ2v) is 7.46. The number of rotatable bonds is 5. The van der Waals surface area contributed by atoms with Crippen LogP contribution in [0.15, 0.2) is 15.7 Å². The fraction of sp³-hybridized carbons (Fsp3) is 0.333. The van der Waals surface area contributed by atoms with Crippen molar-refractivity contribution in [3.05, 3.63) is 34.0 Å². The van der Waals surface area contributed by atoms with Crippen molar-refractivity contribution in [3.63, 3.8) is 0 Å². The smallest absolute Gasteiger partial charge is 0.326 e. The van der Waals surface area contributed by atoms with Crippen LogP contribution in [0.2, 0.25) is 0 Å². The number of hydrogen-bond acceptors (Lipinski definition) is 5. The summed E-state index contributed by atoms with van der Waals surface area (Å²) in [6, 6.07) is 0.291. The highest BCUT2D eigenvalue weighted by Crippen LogP contribution is 2.26. The monoisotopic (exact) mass is 329 g/mol. The average molecular weight is 329 g/mol. The molecule has 2 aromatic rings. The molecule has 9 heteroatoms. The molecule has 0 spiro atoms. The number of H-pyrrole nitrogens is 1. The molecule has 0 fully saturated rings. The zero-order chi connectivity index (χ0) is 15.8. The topological polar surface area (TPSA) is 112 Å². The Hall–Kier alpha value is -1.71. The molecular formula is C12H15N3O4S2. The van der Waals surface area contributed by atoms with Gasteiger partial charge in [-0.2, -0.15) is 9.82 Å². The van der Waals surface area contributed by atoms with Crippen molar-refractivity contribution >= 4 is 27.3 Å². The van der Waals surface area contributed by atoms with Gasteiger partial charge in [-0.15, -0.1) is 11.3 Å². The van der Waals surface area contributed by atoms with Crippen LogP contribution in [0.25, 0.3) is 0 Å². The van der Waals surface area contributed by atoms with Gasteiger partial charge in [-0.1, -0.05) is 0 Å². The van der Waals surface area contributed by atoms with Crippen molar-refractivity contribution in [2.24, 2.45) is 0 Å². The third-order valence-corrected chi connectivity index (χ3v) is 6.16.